The number of urea groups is 1. The summed E-state index contributed by atoms with van der Waals surface area (Å²) in [5.41, 5.74) is 0.899. The van der Waals surface area contributed by atoms with Gasteiger partial charge in [-0.2, -0.15) is 0 Å². The van der Waals surface area contributed by atoms with E-state index in [1.807, 2.05) is 12.3 Å². The summed E-state index contributed by atoms with van der Waals surface area (Å²) >= 11 is 1.57. The van der Waals surface area contributed by atoms with Crippen LogP contribution < -0.4 is 5.32 Å². The molecule has 0 saturated heterocycles. The van der Waals surface area contributed by atoms with Crippen molar-refractivity contribution in [2.75, 3.05) is 13.6 Å². The van der Waals surface area contributed by atoms with Crippen molar-refractivity contribution in [2.45, 2.75) is 13.5 Å². The fourth-order valence-electron chi connectivity index (χ4n) is 1.06. The van der Waals surface area contributed by atoms with Crippen molar-refractivity contribution in [1.29, 1.82) is 0 Å². The zero-order chi connectivity index (χ0) is 11.3. The number of nitrogens with zero attached hydrogens (tertiary/aromatic N) is 2. The number of nitrogens with one attached hydrogen (secondary N) is 1. The maximum atomic E-state index is 11.4. The molecule has 0 aliphatic rings. The molecule has 1 heterocycles. The van der Waals surface area contributed by atoms with E-state index >= 15 is 0 Å². The SMILES string of the molecule is C#CCNC(=O)N(C)Cc1csc(C)n1. The highest BCUT2D eigenvalue weighted by molar-refractivity contribution is 7.09. The van der Waals surface area contributed by atoms with E-state index in [0.717, 1.165) is 10.7 Å². The van der Waals surface area contributed by atoms with Crippen molar-refractivity contribution in [3.05, 3.63) is 16.1 Å². The number of hydrogen-bond donors (Lipinski definition) is 1. The molecule has 0 atom stereocenters. The molecule has 0 aliphatic carbocycles. The Labute approximate surface area is 93.3 Å². The van der Waals surface area contributed by atoms with Crippen LogP contribution in [0.1, 0.15) is 10.7 Å². The average molecular weight is 223 g/mol. The van der Waals surface area contributed by atoms with Crippen molar-refractivity contribution in [1.82, 2.24) is 15.2 Å². The molecule has 80 valence electrons. The van der Waals surface area contributed by atoms with Crippen LogP contribution in [0.5, 0.6) is 0 Å². The fraction of sp³-hybridized carbons (Fsp3) is 0.400. The monoisotopic (exact) mass is 223 g/mol. The maximum Gasteiger partial charge on any atom is 0.318 e. The molecule has 0 unspecified atom stereocenters. The quantitative estimate of drug-likeness (QED) is 0.783. The van der Waals surface area contributed by atoms with Gasteiger partial charge in [0.25, 0.3) is 0 Å². The molecular formula is C10H13N3OS. The molecule has 0 bridgehead atoms. The molecule has 0 aliphatic heterocycles. The molecule has 0 radical (unpaired) electrons. The van der Waals surface area contributed by atoms with E-state index in [-0.39, 0.29) is 12.6 Å². The lowest BCUT2D eigenvalue weighted by Gasteiger charge is -2.15. The Balaban J connectivity index is 2.45. The van der Waals surface area contributed by atoms with Gasteiger partial charge in [-0.3, -0.25) is 0 Å². The molecule has 0 fully saturated rings. The number of aryl methyl sites for hydroxylation is 1. The van der Waals surface area contributed by atoms with Crippen LogP contribution in [0.25, 0.3) is 0 Å². The summed E-state index contributed by atoms with van der Waals surface area (Å²) in [6, 6.07) is -0.182. The Bertz CT molecular complexity index is 380. The highest BCUT2D eigenvalue weighted by atomic mass is 32.1. The normalized spacial score (nSPS) is 9.40. The zero-order valence-electron chi connectivity index (χ0n) is 8.78. The summed E-state index contributed by atoms with van der Waals surface area (Å²) in [5, 5.41) is 5.53. The number of hydrogen-bond acceptors (Lipinski definition) is 3. The summed E-state index contributed by atoms with van der Waals surface area (Å²) in [6.07, 6.45) is 5.04. The lowest BCUT2D eigenvalue weighted by Crippen LogP contribution is -2.36. The first-order valence-electron chi connectivity index (χ1n) is 4.47. The fourth-order valence-corrected chi connectivity index (χ4v) is 1.66. The standard InChI is InChI=1S/C10H13N3OS/c1-4-5-11-10(14)13(3)6-9-7-15-8(2)12-9/h1,7H,5-6H2,2-3H3,(H,11,14). The van der Waals surface area contributed by atoms with Crippen LogP contribution in [0.15, 0.2) is 5.38 Å². The average Bonchev–Trinajstić information content (AvgIpc) is 2.60. The summed E-state index contributed by atoms with van der Waals surface area (Å²) in [5.74, 6) is 2.35. The second-order valence-corrected chi connectivity index (χ2v) is 4.14. The number of aromatic nitrogens is 1. The highest BCUT2D eigenvalue weighted by Crippen LogP contribution is 2.09. The largest absolute Gasteiger partial charge is 0.327 e. The minimum atomic E-state index is -0.182. The van der Waals surface area contributed by atoms with Crippen LogP contribution in [0.2, 0.25) is 0 Å². The molecule has 1 N–H and O–H groups in total. The Hall–Kier alpha value is -1.54. The number of carbonyl (C=O) groups is 1. The van der Waals surface area contributed by atoms with Gasteiger partial charge in [0.1, 0.15) is 0 Å². The van der Waals surface area contributed by atoms with Crippen LogP contribution in [0.3, 0.4) is 0 Å². The lowest BCUT2D eigenvalue weighted by molar-refractivity contribution is 0.208. The highest BCUT2D eigenvalue weighted by Gasteiger charge is 2.09. The van der Waals surface area contributed by atoms with Crippen molar-refractivity contribution in [3.63, 3.8) is 0 Å². The van der Waals surface area contributed by atoms with Gasteiger partial charge in [0.15, 0.2) is 0 Å². The second-order valence-electron chi connectivity index (χ2n) is 3.08. The summed E-state index contributed by atoms with van der Waals surface area (Å²) in [4.78, 5) is 17.2. The van der Waals surface area contributed by atoms with E-state index in [0.29, 0.717) is 6.54 Å². The van der Waals surface area contributed by atoms with Gasteiger partial charge in [-0.25, -0.2) is 9.78 Å². The van der Waals surface area contributed by atoms with Crippen molar-refractivity contribution >= 4 is 17.4 Å². The molecule has 0 aromatic carbocycles. The van der Waals surface area contributed by atoms with Gasteiger partial charge in [-0.05, 0) is 6.92 Å². The van der Waals surface area contributed by atoms with E-state index in [4.69, 9.17) is 6.42 Å². The molecule has 0 spiro atoms. The van der Waals surface area contributed by atoms with Gasteiger partial charge in [-0.1, -0.05) is 5.92 Å². The maximum absolute atomic E-state index is 11.4. The summed E-state index contributed by atoms with van der Waals surface area (Å²) < 4.78 is 0. The number of thiazole rings is 1. The lowest BCUT2D eigenvalue weighted by atomic mass is 10.4. The predicted octanol–water partition coefficient (Wildman–Crippen LogP) is 1.23. The first-order valence-corrected chi connectivity index (χ1v) is 5.35. The topological polar surface area (TPSA) is 45.2 Å². The summed E-state index contributed by atoms with van der Waals surface area (Å²) in [7, 11) is 1.71. The third-order valence-electron chi connectivity index (χ3n) is 1.75. The molecule has 1 aromatic heterocycles. The molecule has 0 saturated carbocycles. The third-order valence-corrected chi connectivity index (χ3v) is 2.58. The number of amides is 2. The first kappa shape index (κ1) is 11.5. The van der Waals surface area contributed by atoms with Gasteiger partial charge in [0, 0.05) is 12.4 Å². The smallest absolute Gasteiger partial charge is 0.318 e. The first-order chi connectivity index (χ1) is 7.13. The predicted molar refractivity (Wildman–Crippen MR) is 60.5 cm³/mol. The number of terminal acetylenes is 1. The number of carbonyl (C=O) groups excluding carboxylic acids is 1. The van der Waals surface area contributed by atoms with Gasteiger partial charge < -0.3 is 10.2 Å². The molecule has 1 rings (SSSR count). The molecule has 4 nitrogen and oxygen atoms in total. The van der Waals surface area contributed by atoms with Gasteiger partial charge in [0.2, 0.25) is 0 Å². The molecule has 2 amide bonds. The Kier molecular flexibility index (Phi) is 4.13. The zero-order valence-corrected chi connectivity index (χ0v) is 9.60. The van der Waals surface area contributed by atoms with Crippen LogP contribution in [-0.2, 0) is 6.54 Å². The molecule has 1 aromatic rings. The van der Waals surface area contributed by atoms with E-state index in [1.54, 1.807) is 23.3 Å². The van der Waals surface area contributed by atoms with Crippen molar-refractivity contribution in [2.24, 2.45) is 0 Å². The minimum absolute atomic E-state index is 0.182. The van der Waals surface area contributed by atoms with Crippen LogP contribution >= 0.6 is 11.3 Å². The van der Waals surface area contributed by atoms with E-state index < -0.39 is 0 Å². The Morgan fingerprint density at radius 2 is 2.53 bits per heavy atom. The van der Waals surface area contributed by atoms with Gasteiger partial charge in [0.05, 0.1) is 23.8 Å². The molecular weight excluding hydrogens is 210 g/mol. The van der Waals surface area contributed by atoms with Crippen LogP contribution in [0.4, 0.5) is 4.79 Å². The molecule has 15 heavy (non-hydrogen) atoms. The van der Waals surface area contributed by atoms with Crippen molar-refractivity contribution in [3.8, 4) is 12.3 Å². The van der Waals surface area contributed by atoms with Gasteiger partial charge in [-0.15, -0.1) is 17.8 Å². The van der Waals surface area contributed by atoms with Crippen LogP contribution in [0, 0.1) is 19.3 Å². The van der Waals surface area contributed by atoms with E-state index in [2.05, 4.69) is 16.2 Å². The number of rotatable bonds is 3. The van der Waals surface area contributed by atoms with Crippen molar-refractivity contribution < 1.29 is 4.79 Å². The second kappa shape index (κ2) is 5.37. The minimum Gasteiger partial charge on any atom is -0.327 e. The third kappa shape index (κ3) is 3.60. The Morgan fingerprint density at radius 1 is 1.80 bits per heavy atom. The van der Waals surface area contributed by atoms with E-state index in [1.165, 1.54) is 0 Å². The van der Waals surface area contributed by atoms with Crippen LogP contribution in [-0.4, -0.2) is 29.5 Å². The van der Waals surface area contributed by atoms with Gasteiger partial charge >= 0.3 is 6.03 Å². The van der Waals surface area contributed by atoms with E-state index in [9.17, 15) is 4.79 Å². The molecule has 5 heteroatoms. The summed E-state index contributed by atoms with van der Waals surface area (Å²) in [6.45, 7) is 2.69. The Morgan fingerprint density at radius 3 is 3.07 bits per heavy atom.